The van der Waals surface area contributed by atoms with Gasteiger partial charge in [0.1, 0.15) is 0 Å². The van der Waals surface area contributed by atoms with Gasteiger partial charge >= 0.3 is 7.60 Å². The number of quaternary nitrogens is 1. The van der Waals surface area contributed by atoms with Crippen LogP contribution in [0.3, 0.4) is 0 Å². The minimum atomic E-state index is -3.97. The molecule has 0 amide bonds. The van der Waals surface area contributed by atoms with Gasteiger partial charge in [0.2, 0.25) is 0 Å². The van der Waals surface area contributed by atoms with Crippen LogP contribution in [0.5, 0.6) is 0 Å². The first-order chi connectivity index (χ1) is 13.3. The fraction of sp³-hybridized carbons (Fsp3) is 0.217. The van der Waals surface area contributed by atoms with Crippen molar-refractivity contribution < 1.29 is 18.8 Å². The molecule has 0 bridgehead atoms. The molecule has 28 heavy (non-hydrogen) atoms. The van der Waals surface area contributed by atoms with Crippen LogP contribution in [0.2, 0.25) is 0 Å². The largest absolute Gasteiger partial charge is 0.325 e. The maximum atomic E-state index is 10.8. The highest BCUT2D eigenvalue weighted by Crippen LogP contribution is 2.34. The van der Waals surface area contributed by atoms with Crippen LogP contribution in [-0.4, -0.2) is 41.1 Å². The molecule has 0 radical (unpaired) electrons. The summed E-state index contributed by atoms with van der Waals surface area (Å²) in [5.41, 5.74) is 0. The quantitative estimate of drug-likeness (QED) is 0.415. The maximum Gasteiger partial charge on any atom is 0.325 e. The summed E-state index contributed by atoms with van der Waals surface area (Å²) >= 11 is 0. The Balaban J connectivity index is 4.50. The second-order valence-corrected chi connectivity index (χ2v) is 7.06. The Morgan fingerprint density at radius 3 is 1.43 bits per heavy atom. The molecule has 0 aliphatic rings. The maximum absolute atomic E-state index is 10.8. The third kappa shape index (κ3) is 18.5. The molecule has 4 nitrogen and oxygen atoms in total. The summed E-state index contributed by atoms with van der Waals surface area (Å²) in [5, 5.41) is 0. The van der Waals surface area contributed by atoms with Gasteiger partial charge in [0.25, 0.3) is 0 Å². The van der Waals surface area contributed by atoms with Gasteiger partial charge in [-0.2, -0.15) is 0 Å². The van der Waals surface area contributed by atoms with Gasteiger partial charge in [0.15, 0.2) is 6.04 Å². The Bertz CT molecular complexity index is 1170. The van der Waals surface area contributed by atoms with E-state index in [1.54, 1.807) is 0 Å². The molecule has 0 unspecified atom stereocenters. The predicted octanol–water partition coefficient (Wildman–Crippen LogP) is 0.248. The van der Waals surface area contributed by atoms with Crippen molar-refractivity contribution in [2.45, 2.75) is 6.42 Å². The molecule has 0 aliphatic carbocycles. The molecule has 0 heterocycles. The third-order valence-corrected chi connectivity index (χ3v) is 3.37. The van der Waals surface area contributed by atoms with Gasteiger partial charge < -0.3 is 9.79 Å². The topological polar surface area (TPSA) is 57.5 Å². The van der Waals surface area contributed by atoms with Gasteiger partial charge in [-0.05, 0) is 47.4 Å². The van der Waals surface area contributed by atoms with Gasteiger partial charge in [-0.3, -0.25) is 9.05 Å². The van der Waals surface area contributed by atoms with Crippen LogP contribution < -0.4 is 0 Å². The van der Waals surface area contributed by atoms with Crippen LogP contribution in [0.25, 0.3) is 0 Å². The lowest BCUT2D eigenvalue weighted by molar-refractivity contribution is -0.822. The van der Waals surface area contributed by atoms with Crippen molar-refractivity contribution in [3.05, 3.63) is 0 Å². The van der Waals surface area contributed by atoms with Gasteiger partial charge in [0, 0.05) is 47.9 Å². The SMILES string of the molecule is C#CC#CC#CC#CC#CC#CC#CC#CC#C[N+](C)(C)CCCP(=O)(O)O. The molecule has 0 saturated heterocycles. The van der Waals surface area contributed by atoms with E-state index in [1.807, 2.05) is 14.1 Å². The van der Waals surface area contributed by atoms with Crippen LogP contribution in [0.1, 0.15) is 6.42 Å². The molecule has 0 aromatic heterocycles. The molecule has 0 spiro atoms. The third-order valence-electron chi connectivity index (χ3n) is 2.47. The number of hydrogen-bond donors (Lipinski definition) is 2. The lowest BCUT2D eigenvalue weighted by Crippen LogP contribution is -2.35. The van der Waals surface area contributed by atoms with Crippen molar-refractivity contribution in [1.82, 2.24) is 0 Å². The van der Waals surface area contributed by atoms with Crippen molar-refractivity contribution >= 4 is 7.60 Å². The Morgan fingerprint density at radius 1 is 0.714 bits per heavy atom. The smallest absolute Gasteiger partial charge is 0.324 e. The van der Waals surface area contributed by atoms with E-state index in [9.17, 15) is 4.57 Å². The monoisotopic (exact) mass is 384 g/mol. The first-order valence-electron chi connectivity index (χ1n) is 7.62. The number of terminal acetylenes is 1. The minimum absolute atomic E-state index is 0.157. The van der Waals surface area contributed by atoms with Crippen LogP contribution in [-0.2, 0) is 4.57 Å². The summed E-state index contributed by atoms with van der Waals surface area (Å²) in [4.78, 5) is 17.7. The average Bonchev–Trinajstić information content (AvgIpc) is 2.60. The minimum Gasteiger partial charge on any atom is -0.324 e. The second-order valence-electron chi connectivity index (χ2n) is 5.28. The van der Waals surface area contributed by atoms with Crippen molar-refractivity contribution in [2.75, 3.05) is 26.8 Å². The first kappa shape index (κ1) is 24.1. The molecule has 5 heteroatoms. The molecule has 0 rings (SSSR count). The average molecular weight is 384 g/mol. The molecule has 0 atom stereocenters. The number of hydrogen-bond acceptors (Lipinski definition) is 1. The molecule has 0 fully saturated rings. The Morgan fingerprint density at radius 2 is 1.07 bits per heavy atom. The van der Waals surface area contributed by atoms with Crippen molar-refractivity contribution in [1.29, 1.82) is 0 Å². The van der Waals surface area contributed by atoms with E-state index in [0.29, 0.717) is 13.0 Å². The summed E-state index contributed by atoms with van der Waals surface area (Å²) in [7, 11) is -0.321. The number of rotatable bonds is 4. The van der Waals surface area contributed by atoms with E-state index in [0.717, 1.165) is 0 Å². The molecule has 0 saturated carbocycles. The summed E-state index contributed by atoms with van der Waals surface area (Å²) in [6.07, 6.45) is 5.12. The molecular weight excluding hydrogens is 369 g/mol. The molecule has 134 valence electrons. The van der Waals surface area contributed by atoms with E-state index < -0.39 is 7.60 Å². The van der Waals surface area contributed by atoms with E-state index in [-0.39, 0.29) is 10.6 Å². The van der Waals surface area contributed by atoms with Gasteiger partial charge in [0.05, 0.1) is 32.7 Å². The highest BCUT2D eigenvalue weighted by Gasteiger charge is 2.17. The van der Waals surface area contributed by atoms with Crippen molar-refractivity contribution in [3.8, 4) is 107 Å². The lowest BCUT2D eigenvalue weighted by Gasteiger charge is -2.20. The van der Waals surface area contributed by atoms with Crippen molar-refractivity contribution in [3.63, 3.8) is 0 Å². The van der Waals surface area contributed by atoms with E-state index in [4.69, 9.17) is 16.2 Å². The summed E-state index contributed by atoms with van der Waals surface area (Å²) in [5.74, 6) is 39.4. The van der Waals surface area contributed by atoms with Crippen LogP contribution in [0, 0.1) is 107 Å². The normalized spacial score (nSPS) is 7.68. The molecule has 0 aromatic carbocycles. The van der Waals surface area contributed by atoms with Crippen molar-refractivity contribution in [2.24, 2.45) is 0 Å². The van der Waals surface area contributed by atoms with Gasteiger partial charge in [-0.15, -0.1) is 6.42 Å². The Labute approximate surface area is 167 Å². The van der Waals surface area contributed by atoms with Gasteiger partial charge in [-0.1, -0.05) is 0 Å². The standard InChI is InChI=1S/C23H14NO3P/c1-4-5-6-7-8-9-10-11-12-13-14-15-16-17-18-19-21-24(2,3)22-20-23-28(25,26)27/h1H,20,22-23H2,2-3H3,(H-,25,26,27)/p+1. The second kappa shape index (κ2) is 14.3. The Hall–Kier alpha value is -3.85. The highest BCUT2D eigenvalue weighted by molar-refractivity contribution is 7.51. The fourth-order valence-electron chi connectivity index (χ4n) is 1.35. The zero-order valence-electron chi connectivity index (χ0n) is 15.4. The molecule has 0 aromatic rings. The zero-order valence-corrected chi connectivity index (χ0v) is 16.3. The zero-order chi connectivity index (χ0) is 21.1. The van der Waals surface area contributed by atoms with Crippen LogP contribution in [0.15, 0.2) is 0 Å². The predicted molar refractivity (Wildman–Crippen MR) is 110 cm³/mol. The number of nitrogens with zero attached hydrogens (tertiary/aromatic N) is 1. The molecular formula is C23H15NO3P+. The summed E-state index contributed by atoms with van der Waals surface area (Å²) < 4.78 is 11.1. The van der Waals surface area contributed by atoms with Gasteiger partial charge in [-0.25, -0.2) is 0 Å². The fourth-order valence-corrected chi connectivity index (χ4v) is 1.90. The highest BCUT2D eigenvalue weighted by atomic mass is 31.2. The lowest BCUT2D eigenvalue weighted by atomic mass is 10.4. The van der Waals surface area contributed by atoms with E-state index in [1.165, 1.54) is 0 Å². The summed E-state index contributed by atoms with van der Waals surface area (Å²) in [6.45, 7) is 0.502. The van der Waals surface area contributed by atoms with Crippen LogP contribution in [0.4, 0.5) is 0 Å². The molecule has 0 aliphatic heterocycles. The first-order valence-corrected chi connectivity index (χ1v) is 9.42. The molecule has 2 N–H and O–H groups in total. The van der Waals surface area contributed by atoms with E-state index >= 15 is 0 Å². The van der Waals surface area contributed by atoms with E-state index in [2.05, 4.69) is 101 Å². The summed E-state index contributed by atoms with van der Waals surface area (Å²) in [6, 6.07) is 2.88. The Kier molecular flexibility index (Phi) is 12.4. The van der Waals surface area contributed by atoms with Crippen LogP contribution >= 0.6 is 7.60 Å².